The number of fused-ring (bicyclic) bond motifs is 1. The van der Waals surface area contributed by atoms with Crippen LogP contribution in [0, 0.1) is 0 Å². The molecule has 0 radical (unpaired) electrons. The van der Waals surface area contributed by atoms with Crippen LogP contribution < -0.4 is 5.73 Å². The largest absolute Gasteiger partial charge is 0.414 e. The maximum atomic E-state index is 6.29. The topological polar surface area (TPSA) is 88.1 Å². The molecule has 1 aliphatic heterocycles. The van der Waals surface area contributed by atoms with Gasteiger partial charge in [-0.15, -0.1) is 0 Å². The first kappa shape index (κ1) is 18.5. The Balaban J connectivity index is 1.74. The molecule has 2 aromatic rings. The number of hydrogen-bond acceptors (Lipinski definition) is 6. The van der Waals surface area contributed by atoms with Gasteiger partial charge in [0, 0.05) is 4.48 Å². The summed E-state index contributed by atoms with van der Waals surface area (Å²) in [5.74, 6) is 0.364. The molecule has 2 atom stereocenters. The molecule has 0 amide bonds. The summed E-state index contributed by atoms with van der Waals surface area (Å²) < 4.78 is 15.3. The molecule has 25 heavy (non-hydrogen) atoms. The third kappa shape index (κ3) is 3.50. The Bertz CT molecular complexity index is 814. The van der Waals surface area contributed by atoms with Gasteiger partial charge in [-0.05, 0) is 24.2 Å². The summed E-state index contributed by atoms with van der Waals surface area (Å²) in [5.41, 5.74) is 7.08. The van der Waals surface area contributed by atoms with Crippen molar-refractivity contribution in [3.8, 4) is 0 Å². The summed E-state index contributed by atoms with van der Waals surface area (Å²) >= 11 is 3.61. The van der Waals surface area contributed by atoms with E-state index in [1.807, 2.05) is 10.6 Å². The lowest BCUT2D eigenvalue weighted by Gasteiger charge is -2.37. The molecule has 0 aromatic carbocycles. The quantitative estimate of drug-likeness (QED) is 0.752. The van der Waals surface area contributed by atoms with E-state index in [-0.39, 0.29) is 17.4 Å². The fraction of sp³-hybridized carbons (Fsp3) is 0.562. The average Bonchev–Trinajstić information content (AvgIpc) is 3.08. The van der Waals surface area contributed by atoms with E-state index < -0.39 is 8.32 Å². The summed E-state index contributed by atoms with van der Waals surface area (Å²) in [6.07, 6.45) is 4.66. The second-order valence-electron chi connectivity index (χ2n) is 7.72. The van der Waals surface area contributed by atoms with Gasteiger partial charge in [-0.25, -0.2) is 15.0 Å². The first-order valence-electron chi connectivity index (χ1n) is 8.20. The van der Waals surface area contributed by atoms with Crippen molar-refractivity contribution in [2.45, 2.75) is 51.2 Å². The predicted molar refractivity (Wildman–Crippen MR) is 104 cm³/mol. The Labute approximate surface area is 156 Å². The predicted octanol–water partition coefficient (Wildman–Crippen LogP) is 3.61. The maximum absolute atomic E-state index is 6.29. The average molecular weight is 426 g/mol. The van der Waals surface area contributed by atoms with Gasteiger partial charge in [-0.2, -0.15) is 0 Å². The van der Waals surface area contributed by atoms with Gasteiger partial charge in [-0.3, -0.25) is 4.57 Å². The number of rotatable bonds is 4. The van der Waals surface area contributed by atoms with E-state index in [0.29, 0.717) is 23.6 Å². The van der Waals surface area contributed by atoms with Gasteiger partial charge in [0.05, 0.1) is 12.9 Å². The van der Waals surface area contributed by atoms with Gasteiger partial charge in [0.2, 0.25) is 0 Å². The van der Waals surface area contributed by atoms with Crippen LogP contribution in [-0.4, -0.2) is 40.5 Å². The summed E-state index contributed by atoms with van der Waals surface area (Å²) in [4.78, 5) is 12.5. The molecule has 0 saturated heterocycles. The lowest BCUT2D eigenvalue weighted by atomic mass is 10.2. The minimum Gasteiger partial charge on any atom is -0.414 e. The van der Waals surface area contributed by atoms with Crippen LogP contribution in [0.2, 0.25) is 18.1 Å². The van der Waals surface area contributed by atoms with Crippen molar-refractivity contribution in [3.63, 3.8) is 0 Å². The molecule has 1 aliphatic rings. The minimum absolute atomic E-state index is 0.143. The van der Waals surface area contributed by atoms with Gasteiger partial charge in [0.25, 0.3) is 0 Å². The van der Waals surface area contributed by atoms with Gasteiger partial charge in [-0.1, -0.05) is 36.7 Å². The number of anilines is 1. The summed E-state index contributed by atoms with van der Waals surface area (Å²) in [6, 6.07) is 0. The molecule has 0 saturated carbocycles. The van der Waals surface area contributed by atoms with E-state index in [2.05, 4.69) is 64.7 Å². The van der Waals surface area contributed by atoms with Gasteiger partial charge < -0.3 is 14.9 Å². The third-order valence-electron chi connectivity index (χ3n) is 4.98. The van der Waals surface area contributed by atoms with Crippen LogP contribution in [0.5, 0.6) is 0 Å². The van der Waals surface area contributed by atoms with Gasteiger partial charge in [0.1, 0.15) is 17.9 Å². The number of nitrogens with zero attached hydrogens (tertiary/aromatic N) is 4. The van der Waals surface area contributed by atoms with Crippen LogP contribution in [0.15, 0.2) is 23.2 Å². The Morgan fingerprint density at radius 3 is 2.72 bits per heavy atom. The van der Waals surface area contributed by atoms with E-state index in [1.165, 1.54) is 6.33 Å². The molecule has 0 unspecified atom stereocenters. The zero-order valence-electron chi connectivity index (χ0n) is 15.2. The highest BCUT2D eigenvalue weighted by Gasteiger charge is 2.39. The van der Waals surface area contributed by atoms with Crippen molar-refractivity contribution < 1.29 is 9.16 Å². The van der Waals surface area contributed by atoms with Crippen molar-refractivity contribution in [2.24, 2.45) is 0 Å². The molecule has 0 spiro atoms. The molecule has 136 valence electrons. The van der Waals surface area contributed by atoms with E-state index in [1.54, 1.807) is 6.33 Å². The SMILES string of the molecule is CC(C)(C)[Si](C)(C)OC[C@H]1O[C@@H](n2cnc3c(N)ncnc32)C=C1Br. The summed E-state index contributed by atoms with van der Waals surface area (Å²) in [7, 11) is -1.83. The zero-order chi connectivity index (χ0) is 18.4. The molecule has 7 nitrogen and oxygen atoms in total. The number of nitrogen functional groups attached to an aromatic ring is 1. The fourth-order valence-electron chi connectivity index (χ4n) is 2.34. The van der Waals surface area contributed by atoms with Crippen molar-refractivity contribution in [2.75, 3.05) is 12.3 Å². The second kappa shape index (κ2) is 6.46. The van der Waals surface area contributed by atoms with Crippen LogP contribution in [-0.2, 0) is 9.16 Å². The van der Waals surface area contributed by atoms with Crippen molar-refractivity contribution in [1.82, 2.24) is 19.5 Å². The molecule has 0 fully saturated rings. The Morgan fingerprint density at radius 2 is 2.04 bits per heavy atom. The number of aromatic nitrogens is 4. The van der Waals surface area contributed by atoms with Gasteiger partial charge >= 0.3 is 0 Å². The summed E-state index contributed by atoms with van der Waals surface area (Å²) in [5, 5.41) is 0.163. The molecule has 3 heterocycles. The van der Waals surface area contributed by atoms with Gasteiger partial charge in [0.15, 0.2) is 26.0 Å². The maximum Gasteiger partial charge on any atom is 0.192 e. The Hall–Kier alpha value is -1.29. The number of nitrogens with two attached hydrogens (primary N) is 1. The number of ether oxygens (including phenoxy) is 1. The van der Waals surface area contributed by atoms with E-state index >= 15 is 0 Å². The van der Waals surface area contributed by atoms with Crippen LogP contribution in [0.1, 0.15) is 27.0 Å². The molecule has 2 N–H and O–H groups in total. The number of hydrogen-bond donors (Lipinski definition) is 1. The standard InChI is InChI=1S/C16H24BrN5O2Si/c1-16(2,3)25(4,5)23-7-11-10(17)6-12(24-11)22-9-21-13-14(18)19-8-20-15(13)22/h6,8-9,11-12H,7H2,1-5H3,(H2,18,19,20)/t11-,12-/m1/s1. The normalized spacial score (nSPS) is 21.8. The van der Waals surface area contributed by atoms with Crippen LogP contribution in [0.4, 0.5) is 5.82 Å². The molecule has 0 aliphatic carbocycles. The van der Waals surface area contributed by atoms with E-state index in [0.717, 1.165) is 4.48 Å². The fourth-order valence-corrected chi connectivity index (χ4v) is 3.80. The highest BCUT2D eigenvalue weighted by atomic mass is 79.9. The van der Waals surface area contributed by atoms with Crippen molar-refractivity contribution in [1.29, 1.82) is 0 Å². The zero-order valence-corrected chi connectivity index (χ0v) is 17.7. The van der Waals surface area contributed by atoms with Crippen LogP contribution in [0.25, 0.3) is 11.2 Å². The lowest BCUT2D eigenvalue weighted by molar-refractivity contribution is -0.00471. The molecular weight excluding hydrogens is 402 g/mol. The van der Waals surface area contributed by atoms with Crippen molar-refractivity contribution >= 4 is 41.2 Å². The monoisotopic (exact) mass is 425 g/mol. The Morgan fingerprint density at radius 1 is 1.32 bits per heavy atom. The highest BCUT2D eigenvalue weighted by Crippen LogP contribution is 2.38. The number of halogens is 1. The molecular formula is C16H24BrN5O2Si. The first-order valence-corrected chi connectivity index (χ1v) is 11.9. The number of imidazole rings is 1. The van der Waals surface area contributed by atoms with Crippen molar-refractivity contribution in [3.05, 3.63) is 23.2 Å². The first-order chi connectivity index (χ1) is 11.6. The van der Waals surface area contributed by atoms with E-state index in [9.17, 15) is 0 Å². The summed E-state index contributed by atoms with van der Waals surface area (Å²) in [6.45, 7) is 11.7. The smallest absolute Gasteiger partial charge is 0.192 e. The van der Waals surface area contributed by atoms with Crippen LogP contribution in [0.3, 0.4) is 0 Å². The second-order valence-corrected chi connectivity index (χ2v) is 13.4. The molecule has 2 aromatic heterocycles. The van der Waals surface area contributed by atoms with Crippen LogP contribution >= 0.6 is 15.9 Å². The minimum atomic E-state index is -1.83. The molecule has 9 heteroatoms. The Kier molecular flexibility index (Phi) is 4.78. The third-order valence-corrected chi connectivity index (χ3v) is 10.3. The highest BCUT2D eigenvalue weighted by molar-refractivity contribution is 9.11. The lowest BCUT2D eigenvalue weighted by Crippen LogP contribution is -2.42. The molecule has 0 bridgehead atoms. The molecule has 3 rings (SSSR count). The van der Waals surface area contributed by atoms with E-state index in [4.69, 9.17) is 14.9 Å².